The molecular weight excluding hydrogens is 292 g/mol. The van der Waals surface area contributed by atoms with Gasteiger partial charge in [-0.25, -0.2) is 0 Å². The summed E-state index contributed by atoms with van der Waals surface area (Å²) in [5.41, 5.74) is 0.322. The quantitative estimate of drug-likeness (QED) is 0.696. The molecule has 5 nitrogen and oxygen atoms in total. The molecule has 0 atom stereocenters. The van der Waals surface area contributed by atoms with Gasteiger partial charge in [0.2, 0.25) is 5.91 Å². The van der Waals surface area contributed by atoms with Crippen molar-refractivity contribution in [2.45, 2.75) is 96.2 Å². The van der Waals surface area contributed by atoms with Crippen LogP contribution in [0.15, 0.2) is 0 Å². The predicted octanol–water partition coefficient (Wildman–Crippen LogP) is 3.08. The third kappa shape index (κ3) is 6.90. The van der Waals surface area contributed by atoms with Gasteiger partial charge in [-0.2, -0.15) is 0 Å². The number of carboxylic acid groups (broad SMARTS) is 1. The Labute approximate surface area is 140 Å². The van der Waals surface area contributed by atoms with Crippen molar-refractivity contribution in [2.75, 3.05) is 0 Å². The van der Waals surface area contributed by atoms with Crippen molar-refractivity contribution in [2.24, 2.45) is 5.92 Å². The maximum Gasteiger partial charge on any atom is 0.290 e. The fourth-order valence-corrected chi connectivity index (χ4v) is 4.61. The van der Waals surface area contributed by atoms with Gasteiger partial charge >= 0.3 is 0 Å². The van der Waals surface area contributed by atoms with Crippen LogP contribution in [0, 0.1) is 5.92 Å². The first-order valence-electron chi connectivity index (χ1n) is 8.69. The molecular formula is C18H34N2O3. The van der Waals surface area contributed by atoms with Crippen LogP contribution in [0.1, 0.15) is 79.6 Å². The highest BCUT2D eigenvalue weighted by molar-refractivity contribution is 5.77. The first-order chi connectivity index (χ1) is 10.5. The minimum absolute atomic E-state index is 0.0645. The molecule has 23 heavy (non-hydrogen) atoms. The van der Waals surface area contributed by atoms with Crippen molar-refractivity contribution < 1.29 is 14.7 Å². The van der Waals surface area contributed by atoms with Gasteiger partial charge in [0.05, 0.1) is 0 Å². The Kier molecular flexibility index (Phi) is 6.63. The summed E-state index contributed by atoms with van der Waals surface area (Å²) >= 11 is 0. The van der Waals surface area contributed by atoms with Gasteiger partial charge in [0.1, 0.15) is 0 Å². The molecule has 2 fully saturated rings. The molecule has 1 aliphatic heterocycles. The van der Waals surface area contributed by atoms with Crippen LogP contribution in [-0.4, -0.2) is 34.1 Å². The summed E-state index contributed by atoms with van der Waals surface area (Å²) in [4.78, 5) is 20.7. The molecule has 2 aliphatic rings. The number of amides is 1. The number of carbonyl (C=O) groups excluding carboxylic acids is 1. The summed E-state index contributed by atoms with van der Waals surface area (Å²) in [6.07, 6.45) is 7.64. The SMILES string of the molecule is CC1(C)CC(CC(=O)NC2(C)CCCC2)CC(C)(C)N1.O=CO. The molecule has 3 N–H and O–H groups in total. The normalized spacial score (nSPS) is 25.1. The number of hydrogen-bond acceptors (Lipinski definition) is 3. The summed E-state index contributed by atoms with van der Waals surface area (Å²) in [6, 6.07) is 0. The number of hydrogen-bond donors (Lipinski definition) is 3. The maximum atomic E-state index is 12.4. The van der Waals surface area contributed by atoms with Gasteiger partial charge < -0.3 is 15.7 Å². The van der Waals surface area contributed by atoms with Crippen LogP contribution in [0.2, 0.25) is 0 Å². The van der Waals surface area contributed by atoms with Gasteiger partial charge in [0, 0.05) is 23.0 Å². The fraction of sp³-hybridized carbons (Fsp3) is 0.889. The van der Waals surface area contributed by atoms with E-state index < -0.39 is 0 Å². The second-order valence-electron chi connectivity index (χ2n) is 8.79. The van der Waals surface area contributed by atoms with E-state index in [0.717, 1.165) is 25.7 Å². The second kappa shape index (κ2) is 7.65. The van der Waals surface area contributed by atoms with Crippen LogP contribution in [0.4, 0.5) is 0 Å². The third-order valence-electron chi connectivity index (χ3n) is 4.90. The summed E-state index contributed by atoms with van der Waals surface area (Å²) in [6.45, 7) is 10.9. The molecule has 1 heterocycles. The van der Waals surface area contributed by atoms with Crippen LogP contribution >= 0.6 is 0 Å². The smallest absolute Gasteiger partial charge is 0.290 e. The Morgan fingerprint density at radius 2 is 1.57 bits per heavy atom. The zero-order valence-electron chi connectivity index (χ0n) is 15.4. The lowest BCUT2D eigenvalue weighted by molar-refractivity contribution is -0.124. The molecule has 1 saturated heterocycles. The maximum absolute atomic E-state index is 12.4. The number of rotatable bonds is 3. The van der Waals surface area contributed by atoms with Crippen molar-refractivity contribution in [3.63, 3.8) is 0 Å². The number of piperidine rings is 1. The minimum atomic E-state index is -0.250. The third-order valence-corrected chi connectivity index (χ3v) is 4.90. The van der Waals surface area contributed by atoms with E-state index in [2.05, 4.69) is 45.3 Å². The van der Waals surface area contributed by atoms with Crippen LogP contribution < -0.4 is 10.6 Å². The molecule has 0 aromatic rings. The largest absolute Gasteiger partial charge is 0.483 e. The highest BCUT2D eigenvalue weighted by Gasteiger charge is 2.39. The molecule has 0 unspecified atom stereocenters. The van der Waals surface area contributed by atoms with Crippen molar-refractivity contribution >= 4 is 12.4 Å². The molecule has 5 heteroatoms. The van der Waals surface area contributed by atoms with Gasteiger partial charge in [-0.15, -0.1) is 0 Å². The van der Waals surface area contributed by atoms with E-state index in [1.54, 1.807) is 0 Å². The summed E-state index contributed by atoms with van der Waals surface area (Å²) in [7, 11) is 0. The van der Waals surface area contributed by atoms with Gasteiger partial charge in [-0.1, -0.05) is 12.8 Å². The molecule has 0 spiro atoms. The van der Waals surface area contributed by atoms with Crippen LogP contribution in [-0.2, 0) is 9.59 Å². The Morgan fingerprint density at radius 3 is 2.00 bits per heavy atom. The number of nitrogens with one attached hydrogen (secondary N) is 2. The van der Waals surface area contributed by atoms with Gasteiger partial charge in [0.15, 0.2) is 0 Å². The van der Waals surface area contributed by atoms with E-state index in [0.29, 0.717) is 12.3 Å². The first-order valence-corrected chi connectivity index (χ1v) is 8.69. The summed E-state index contributed by atoms with van der Waals surface area (Å²) in [5, 5.41) is 13.9. The minimum Gasteiger partial charge on any atom is -0.483 e. The predicted molar refractivity (Wildman–Crippen MR) is 92.3 cm³/mol. The van der Waals surface area contributed by atoms with E-state index in [4.69, 9.17) is 9.90 Å². The van der Waals surface area contributed by atoms with E-state index in [1.807, 2.05) is 0 Å². The Bertz CT molecular complexity index is 396. The lowest BCUT2D eigenvalue weighted by Crippen LogP contribution is -2.58. The average Bonchev–Trinajstić information content (AvgIpc) is 2.71. The molecule has 134 valence electrons. The highest BCUT2D eigenvalue weighted by atomic mass is 16.3. The van der Waals surface area contributed by atoms with Crippen molar-refractivity contribution in [1.82, 2.24) is 10.6 Å². The highest BCUT2D eigenvalue weighted by Crippen LogP contribution is 2.35. The van der Waals surface area contributed by atoms with Crippen LogP contribution in [0.3, 0.4) is 0 Å². The lowest BCUT2D eigenvalue weighted by atomic mass is 9.74. The van der Waals surface area contributed by atoms with Gasteiger partial charge in [-0.05, 0) is 66.2 Å². The molecule has 1 saturated carbocycles. The molecule has 0 aromatic heterocycles. The average molecular weight is 326 g/mol. The molecule has 0 radical (unpaired) electrons. The van der Waals surface area contributed by atoms with Crippen molar-refractivity contribution in [1.29, 1.82) is 0 Å². The Morgan fingerprint density at radius 1 is 1.13 bits per heavy atom. The van der Waals surface area contributed by atoms with Gasteiger partial charge in [-0.3, -0.25) is 9.59 Å². The van der Waals surface area contributed by atoms with E-state index in [-0.39, 0.29) is 29.0 Å². The van der Waals surface area contributed by atoms with Crippen LogP contribution in [0.25, 0.3) is 0 Å². The molecule has 1 aliphatic carbocycles. The van der Waals surface area contributed by atoms with E-state index >= 15 is 0 Å². The first kappa shape index (κ1) is 19.9. The topological polar surface area (TPSA) is 78.4 Å². The zero-order chi connectivity index (χ0) is 17.7. The molecule has 0 bridgehead atoms. The fourth-order valence-electron chi connectivity index (χ4n) is 4.61. The summed E-state index contributed by atoms with van der Waals surface area (Å²) < 4.78 is 0. The van der Waals surface area contributed by atoms with E-state index in [9.17, 15) is 4.79 Å². The Hall–Kier alpha value is -1.10. The number of carbonyl (C=O) groups is 2. The van der Waals surface area contributed by atoms with Crippen molar-refractivity contribution in [3.8, 4) is 0 Å². The molecule has 1 amide bonds. The van der Waals surface area contributed by atoms with E-state index in [1.165, 1.54) is 12.8 Å². The van der Waals surface area contributed by atoms with Gasteiger partial charge in [0.25, 0.3) is 6.47 Å². The summed E-state index contributed by atoms with van der Waals surface area (Å²) in [5.74, 6) is 0.749. The monoisotopic (exact) mass is 326 g/mol. The second-order valence-corrected chi connectivity index (χ2v) is 8.79. The molecule has 0 aromatic carbocycles. The van der Waals surface area contributed by atoms with Crippen molar-refractivity contribution in [3.05, 3.63) is 0 Å². The Balaban J connectivity index is 0.000000816. The molecule has 2 rings (SSSR count). The standard InChI is InChI=1S/C17H32N2O.CH2O2/c1-15(2)11-13(12-16(3,4)19-15)10-14(20)18-17(5)8-6-7-9-17;2-1-3/h13,19H,6-12H2,1-5H3,(H,18,20);1H,(H,2,3). The van der Waals surface area contributed by atoms with Crippen LogP contribution in [0.5, 0.6) is 0 Å². The lowest BCUT2D eigenvalue weighted by Gasteiger charge is -2.46. The zero-order valence-corrected chi connectivity index (χ0v) is 15.4.